The maximum atomic E-state index is 13.0. The van der Waals surface area contributed by atoms with Gasteiger partial charge < -0.3 is 10.1 Å². The second kappa shape index (κ2) is 8.75. The third-order valence-electron chi connectivity index (χ3n) is 4.64. The summed E-state index contributed by atoms with van der Waals surface area (Å²) in [6.07, 6.45) is 3.24. The fourth-order valence-corrected chi connectivity index (χ4v) is 3.80. The lowest BCUT2D eigenvalue weighted by Gasteiger charge is -2.13. The molecule has 1 aromatic carbocycles. The summed E-state index contributed by atoms with van der Waals surface area (Å²) in [7, 11) is 1.44. The van der Waals surface area contributed by atoms with Crippen LogP contribution in [0.15, 0.2) is 82.5 Å². The summed E-state index contributed by atoms with van der Waals surface area (Å²) >= 11 is 1.59. The van der Waals surface area contributed by atoms with Gasteiger partial charge in [-0.15, -0.1) is 0 Å². The lowest BCUT2D eigenvalue weighted by atomic mass is 10.1. The summed E-state index contributed by atoms with van der Waals surface area (Å²) < 4.78 is 6.72. The van der Waals surface area contributed by atoms with Crippen molar-refractivity contribution in [2.75, 3.05) is 7.11 Å². The Balaban J connectivity index is 1.62. The largest absolute Gasteiger partial charge is 0.496 e. The number of nitrogens with one attached hydrogen (secondary N) is 1. The molecule has 0 unspecified atom stereocenters. The maximum absolute atomic E-state index is 13.0. The minimum Gasteiger partial charge on any atom is -0.496 e. The van der Waals surface area contributed by atoms with Crippen molar-refractivity contribution in [2.45, 2.75) is 6.54 Å². The Morgan fingerprint density at radius 2 is 2.00 bits per heavy atom. The molecule has 3 aromatic heterocycles. The van der Waals surface area contributed by atoms with Crippen molar-refractivity contribution in [2.24, 2.45) is 0 Å². The zero-order valence-electron chi connectivity index (χ0n) is 16.2. The molecule has 0 radical (unpaired) electrons. The Kier molecular flexibility index (Phi) is 5.72. The molecule has 4 rings (SSSR count). The van der Waals surface area contributed by atoms with Gasteiger partial charge in [0.2, 0.25) is 0 Å². The van der Waals surface area contributed by atoms with E-state index in [2.05, 4.69) is 10.3 Å². The van der Waals surface area contributed by atoms with Gasteiger partial charge in [-0.1, -0.05) is 24.3 Å². The van der Waals surface area contributed by atoms with E-state index in [1.807, 2.05) is 47.2 Å². The van der Waals surface area contributed by atoms with Gasteiger partial charge in [0.25, 0.3) is 11.5 Å². The van der Waals surface area contributed by atoms with Crippen LogP contribution in [0.3, 0.4) is 0 Å². The molecular formula is C23H19N3O3S. The van der Waals surface area contributed by atoms with Crippen molar-refractivity contribution in [3.05, 3.63) is 99.2 Å². The van der Waals surface area contributed by atoms with Crippen LogP contribution in [0.25, 0.3) is 16.9 Å². The molecule has 0 aliphatic carbocycles. The van der Waals surface area contributed by atoms with Gasteiger partial charge in [-0.2, -0.15) is 11.3 Å². The number of carbonyl (C=O) groups excluding carboxylic acids is 1. The molecule has 0 aliphatic heterocycles. The van der Waals surface area contributed by atoms with Crippen molar-refractivity contribution in [3.8, 4) is 22.7 Å². The number of hydrogen-bond donors (Lipinski definition) is 1. The zero-order chi connectivity index (χ0) is 20.9. The monoisotopic (exact) mass is 417 g/mol. The predicted octanol–water partition coefficient (Wildman–Crippen LogP) is 3.90. The third-order valence-corrected chi connectivity index (χ3v) is 5.32. The zero-order valence-corrected chi connectivity index (χ0v) is 17.1. The molecule has 0 atom stereocenters. The SMILES string of the molecule is COc1cc(=O)n(-c2ccccc2)cc1C(=O)NCc1cccnc1-c1ccsc1. The molecule has 0 saturated carbocycles. The van der Waals surface area contributed by atoms with Crippen LogP contribution in [-0.2, 0) is 6.54 Å². The van der Waals surface area contributed by atoms with Crippen LogP contribution in [0.5, 0.6) is 5.75 Å². The Bertz CT molecular complexity index is 1220. The number of aromatic nitrogens is 2. The normalized spacial score (nSPS) is 10.6. The quantitative estimate of drug-likeness (QED) is 0.516. The van der Waals surface area contributed by atoms with Crippen molar-refractivity contribution in [1.82, 2.24) is 14.9 Å². The van der Waals surface area contributed by atoms with Crippen LogP contribution < -0.4 is 15.6 Å². The number of hydrogen-bond acceptors (Lipinski definition) is 5. The van der Waals surface area contributed by atoms with Gasteiger partial charge in [0, 0.05) is 41.6 Å². The second-order valence-corrected chi connectivity index (χ2v) is 7.29. The number of ether oxygens (including phenoxy) is 1. The third kappa shape index (κ3) is 4.01. The fourth-order valence-electron chi connectivity index (χ4n) is 3.16. The minimum atomic E-state index is -0.336. The molecule has 0 saturated heterocycles. The highest BCUT2D eigenvalue weighted by molar-refractivity contribution is 7.08. The molecule has 30 heavy (non-hydrogen) atoms. The van der Waals surface area contributed by atoms with Crippen molar-refractivity contribution < 1.29 is 9.53 Å². The number of thiophene rings is 1. The Hall–Kier alpha value is -3.71. The van der Waals surface area contributed by atoms with Crippen molar-refractivity contribution in [1.29, 1.82) is 0 Å². The number of benzene rings is 1. The van der Waals surface area contributed by atoms with E-state index in [1.54, 1.807) is 29.7 Å². The molecule has 150 valence electrons. The van der Waals surface area contributed by atoms with E-state index in [0.29, 0.717) is 12.2 Å². The second-order valence-electron chi connectivity index (χ2n) is 6.51. The summed E-state index contributed by atoms with van der Waals surface area (Å²) in [4.78, 5) is 29.9. The van der Waals surface area contributed by atoms with Crippen LogP contribution in [0.1, 0.15) is 15.9 Å². The molecule has 4 aromatic rings. The molecule has 0 spiro atoms. The number of pyridine rings is 2. The van der Waals surface area contributed by atoms with Crippen LogP contribution in [0.2, 0.25) is 0 Å². The number of methoxy groups -OCH3 is 1. The average Bonchev–Trinajstić information content (AvgIpc) is 3.33. The van der Waals surface area contributed by atoms with Gasteiger partial charge in [-0.25, -0.2) is 0 Å². The van der Waals surface area contributed by atoms with Crippen molar-refractivity contribution >= 4 is 17.2 Å². The van der Waals surface area contributed by atoms with E-state index < -0.39 is 0 Å². The van der Waals surface area contributed by atoms with Gasteiger partial charge in [0.1, 0.15) is 5.75 Å². The fraction of sp³-hybridized carbons (Fsp3) is 0.0870. The summed E-state index contributed by atoms with van der Waals surface area (Å²) in [5.41, 5.74) is 3.43. The number of amides is 1. The van der Waals surface area contributed by atoms with E-state index >= 15 is 0 Å². The van der Waals surface area contributed by atoms with Crippen molar-refractivity contribution in [3.63, 3.8) is 0 Å². The van der Waals surface area contributed by atoms with Crippen LogP contribution in [-0.4, -0.2) is 22.6 Å². The number of carbonyl (C=O) groups is 1. The first-order chi connectivity index (χ1) is 14.7. The molecule has 0 bridgehead atoms. The molecular weight excluding hydrogens is 398 g/mol. The highest BCUT2D eigenvalue weighted by Gasteiger charge is 2.17. The number of nitrogens with zero attached hydrogens (tertiary/aromatic N) is 2. The molecule has 0 aliphatic rings. The average molecular weight is 417 g/mol. The Labute approximate surface area is 177 Å². The smallest absolute Gasteiger partial charge is 0.258 e. The van der Waals surface area contributed by atoms with E-state index in [9.17, 15) is 9.59 Å². The van der Waals surface area contributed by atoms with Gasteiger partial charge in [0.15, 0.2) is 0 Å². The molecule has 3 heterocycles. The topological polar surface area (TPSA) is 73.2 Å². The molecule has 6 nitrogen and oxygen atoms in total. The molecule has 0 fully saturated rings. The van der Waals surface area contributed by atoms with E-state index in [4.69, 9.17) is 4.74 Å². The summed E-state index contributed by atoms with van der Waals surface area (Å²) in [5, 5.41) is 6.93. The number of para-hydroxylation sites is 1. The lowest BCUT2D eigenvalue weighted by Crippen LogP contribution is -2.27. The first kappa shape index (κ1) is 19.6. The molecule has 1 N–H and O–H groups in total. The Morgan fingerprint density at radius 3 is 2.73 bits per heavy atom. The highest BCUT2D eigenvalue weighted by Crippen LogP contribution is 2.24. The van der Waals surface area contributed by atoms with Crippen LogP contribution >= 0.6 is 11.3 Å². The maximum Gasteiger partial charge on any atom is 0.258 e. The summed E-state index contributed by atoms with van der Waals surface area (Å²) in [5.74, 6) is -0.106. The van der Waals surface area contributed by atoms with Crippen LogP contribution in [0.4, 0.5) is 0 Å². The minimum absolute atomic E-state index is 0.230. The lowest BCUT2D eigenvalue weighted by molar-refractivity contribution is 0.0947. The van der Waals surface area contributed by atoms with E-state index in [-0.39, 0.29) is 22.8 Å². The Morgan fingerprint density at radius 1 is 1.17 bits per heavy atom. The summed E-state index contributed by atoms with van der Waals surface area (Å²) in [6, 6.07) is 16.2. The number of rotatable bonds is 6. The van der Waals surface area contributed by atoms with Gasteiger partial charge in [-0.05, 0) is 35.2 Å². The van der Waals surface area contributed by atoms with Gasteiger partial charge in [0.05, 0.1) is 18.4 Å². The standard InChI is InChI=1S/C23H19N3O3S/c1-29-20-12-21(27)26(18-7-3-2-4-8-18)14-19(20)23(28)25-13-16-6-5-10-24-22(16)17-9-11-30-15-17/h2-12,14-15H,13H2,1H3,(H,25,28). The van der Waals surface area contributed by atoms with Gasteiger partial charge in [-0.3, -0.25) is 19.1 Å². The predicted molar refractivity (Wildman–Crippen MR) is 117 cm³/mol. The first-order valence-electron chi connectivity index (χ1n) is 9.28. The van der Waals surface area contributed by atoms with E-state index in [0.717, 1.165) is 16.8 Å². The van der Waals surface area contributed by atoms with Gasteiger partial charge >= 0.3 is 0 Å². The first-order valence-corrected chi connectivity index (χ1v) is 10.2. The molecule has 1 amide bonds. The molecule has 7 heteroatoms. The van der Waals surface area contributed by atoms with Crippen LogP contribution in [0, 0.1) is 0 Å². The highest BCUT2D eigenvalue weighted by atomic mass is 32.1. The summed E-state index contributed by atoms with van der Waals surface area (Å²) in [6.45, 7) is 0.297. The van der Waals surface area contributed by atoms with E-state index in [1.165, 1.54) is 23.9 Å².